The molecule has 2 aliphatic heterocycles. The molecule has 1 atom stereocenters. The molecular formula is C26H31N7O9. The summed E-state index contributed by atoms with van der Waals surface area (Å²) in [5.41, 5.74) is 8.10. The number of hydrogen-bond acceptors (Lipinski definition) is 10. The van der Waals surface area contributed by atoms with Gasteiger partial charge in [-0.3, -0.25) is 39.0 Å². The van der Waals surface area contributed by atoms with Gasteiger partial charge in [-0.05, 0) is 24.1 Å². The van der Waals surface area contributed by atoms with Gasteiger partial charge in [0.1, 0.15) is 6.04 Å². The van der Waals surface area contributed by atoms with Crippen LogP contribution in [0.5, 0.6) is 0 Å². The van der Waals surface area contributed by atoms with Gasteiger partial charge in [0.2, 0.25) is 23.6 Å². The first-order chi connectivity index (χ1) is 20.2. The minimum absolute atomic E-state index is 0.00323. The van der Waals surface area contributed by atoms with Crippen LogP contribution in [0.4, 0.5) is 5.69 Å². The minimum atomic E-state index is -1.14. The van der Waals surface area contributed by atoms with Crippen molar-refractivity contribution in [3.63, 3.8) is 0 Å². The number of azide groups is 1. The Labute approximate surface area is 240 Å². The smallest absolute Gasteiger partial charge is 0.264 e. The van der Waals surface area contributed by atoms with Crippen molar-refractivity contribution in [2.75, 3.05) is 58.0 Å². The van der Waals surface area contributed by atoms with E-state index in [1.807, 2.05) is 0 Å². The zero-order chi connectivity index (χ0) is 30.5. The fourth-order valence-corrected chi connectivity index (χ4v) is 4.14. The number of nitrogens with one attached hydrogen (secondary N) is 3. The van der Waals surface area contributed by atoms with Crippen molar-refractivity contribution in [3.05, 3.63) is 51.9 Å². The molecule has 1 saturated heterocycles. The van der Waals surface area contributed by atoms with Crippen molar-refractivity contribution in [2.24, 2.45) is 5.11 Å². The number of piperidine rings is 1. The highest BCUT2D eigenvalue weighted by Crippen LogP contribution is 2.32. The van der Waals surface area contributed by atoms with E-state index in [1.54, 1.807) is 0 Å². The Balaban J connectivity index is 1.38. The van der Waals surface area contributed by atoms with Crippen LogP contribution in [0.25, 0.3) is 10.4 Å². The molecule has 16 heteroatoms. The number of rotatable bonds is 17. The summed E-state index contributed by atoms with van der Waals surface area (Å²) in [7, 11) is 0. The van der Waals surface area contributed by atoms with E-state index < -0.39 is 41.5 Å². The lowest BCUT2D eigenvalue weighted by Gasteiger charge is -2.27. The molecule has 3 N–H and O–H groups in total. The minimum Gasteiger partial charge on any atom is -0.379 e. The quantitative estimate of drug-likeness (QED) is 0.0576. The summed E-state index contributed by atoms with van der Waals surface area (Å²) in [6.45, 7) is 5.90. The number of ether oxygens (including phenoxy) is 3. The van der Waals surface area contributed by atoms with Crippen molar-refractivity contribution in [2.45, 2.75) is 25.3 Å². The van der Waals surface area contributed by atoms with Gasteiger partial charge in [0.25, 0.3) is 11.8 Å². The molecule has 0 radical (unpaired) electrons. The van der Waals surface area contributed by atoms with Gasteiger partial charge in [-0.15, -0.1) is 0 Å². The van der Waals surface area contributed by atoms with E-state index in [4.69, 9.17) is 19.7 Å². The van der Waals surface area contributed by atoms with Gasteiger partial charge in [-0.1, -0.05) is 17.8 Å². The fourth-order valence-electron chi connectivity index (χ4n) is 4.14. The van der Waals surface area contributed by atoms with E-state index in [2.05, 4.69) is 32.6 Å². The highest BCUT2D eigenvalue weighted by atomic mass is 16.5. The third-order valence-corrected chi connectivity index (χ3v) is 6.11. The number of amides is 6. The second kappa shape index (κ2) is 16.0. The number of nitrogens with zero attached hydrogens (tertiary/aromatic N) is 4. The second-order valence-electron chi connectivity index (χ2n) is 9.05. The van der Waals surface area contributed by atoms with Gasteiger partial charge in [-0.25, -0.2) is 0 Å². The number of carbonyl (C=O) groups excluding carboxylic acids is 6. The first kappa shape index (κ1) is 31.9. The monoisotopic (exact) mass is 585 g/mol. The summed E-state index contributed by atoms with van der Waals surface area (Å²) in [5, 5.41) is 10.6. The summed E-state index contributed by atoms with van der Waals surface area (Å²) in [5.74, 6) is -3.89. The summed E-state index contributed by atoms with van der Waals surface area (Å²) in [6.07, 6.45) is -0.394. The van der Waals surface area contributed by atoms with Crippen molar-refractivity contribution < 1.29 is 43.0 Å². The molecule has 1 unspecified atom stereocenters. The molecule has 3 rings (SSSR count). The van der Waals surface area contributed by atoms with Crippen LogP contribution in [0, 0.1) is 0 Å². The Bertz CT molecular complexity index is 1290. The van der Waals surface area contributed by atoms with Gasteiger partial charge in [0.05, 0.1) is 62.9 Å². The Kier molecular flexibility index (Phi) is 12.1. The average molecular weight is 586 g/mol. The summed E-state index contributed by atoms with van der Waals surface area (Å²) in [4.78, 5) is 78.2. The van der Waals surface area contributed by atoms with Crippen molar-refractivity contribution >= 4 is 41.1 Å². The SMILES string of the molecule is C=C(CC(=O)Nc1cccc2c1C(=O)N(C1CCC(=O)NC1=O)C2=O)C(=O)NCCOCCOCCOCCN=[N+]=[N-]. The molecule has 0 saturated carbocycles. The van der Waals surface area contributed by atoms with Crippen LogP contribution >= 0.6 is 0 Å². The molecule has 0 spiro atoms. The highest BCUT2D eigenvalue weighted by molar-refractivity contribution is 6.26. The standard InChI is InChI=1S/C26H31N7O9/c1-16(23(36)28-7-9-40-11-13-42-14-12-41-10-8-29-32-27)15-21(35)30-18-4-2-3-17-22(18)26(39)33(25(17)38)19-5-6-20(34)31-24(19)37/h2-4,19H,1,5-15H2,(H,28,36)(H,30,35)(H,31,34,37). The number of carbonyl (C=O) groups is 6. The van der Waals surface area contributed by atoms with Gasteiger partial charge >= 0.3 is 0 Å². The van der Waals surface area contributed by atoms with E-state index in [1.165, 1.54) is 18.2 Å². The largest absolute Gasteiger partial charge is 0.379 e. The second-order valence-corrected chi connectivity index (χ2v) is 9.05. The maximum Gasteiger partial charge on any atom is 0.264 e. The molecule has 42 heavy (non-hydrogen) atoms. The van der Waals surface area contributed by atoms with Crippen LogP contribution in [0.2, 0.25) is 0 Å². The summed E-state index contributed by atoms with van der Waals surface area (Å²) >= 11 is 0. The van der Waals surface area contributed by atoms with Crippen LogP contribution in [-0.2, 0) is 33.4 Å². The van der Waals surface area contributed by atoms with E-state index in [-0.39, 0.29) is 61.3 Å². The van der Waals surface area contributed by atoms with Crippen molar-refractivity contribution in [1.29, 1.82) is 0 Å². The summed E-state index contributed by atoms with van der Waals surface area (Å²) < 4.78 is 15.9. The Morgan fingerprint density at radius 3 is 2.43 bits per heavy atom. The van der Waals surface area contributed by atoms with Crippen molar-refractivity contribution in [3.8, 4) is 0 Å². The molecule has 0 aromatic heterocycles. The van der Waals surface area contributed by atoms with Crippen LogP contribution in [0.15, 0.2) is 35.5 Å². The topological polar surface area (TPSA) is 218 Å². The molecule has 1 aromatic carbocycles. The van der Waals surface area contributed by atoms with Gasteiger partial charge in [-0.2, -0.15) is 0 Å². The first-order valence-electron chi connectivity index (χ1n) is 13.1. The van der Waals surface area contributed by atoms with Gasteiger partial charge in [0.15, 0.2) is 0 Å². The maximum atomic E-state index is 13.1. The molecule has 224 valence electrons. The van der Waals surface area contributed by atoms with Crippen LogP contribution in [-0.4, -0.2) is 99.1 Å². The van der Waals surface area contributed by atoms with Crippen molar-refractivity contribution in [1.82, 2.24) is 15.5 Å². The number of fused-ring (bicyclic) bond motifs is 1. The van der Waals surface area contributed by atoms with E-state index in [0.717, 1.165) is 4.90 Å². The van der Waals surface area contributed by atoms with E-state index >= 15 is 0 Å². The molecule has 6 amide bonds. The highest BCUT2D eigenvalue weighted by Gasteiger charge is 2.45. The molecule has 16 nitrogen and oxygen atoms in total. The molecule has 2 heterocycles. The number of anilines is 1. The zero-order valence-corrected chi connectivity index (χ0v) is 22.8. The first-order valence-corrected chi connectivity index (χ1v) is 13.1. The number of benzene rings is 1. The average Bonchev–Trinajstić information content (AvgIpc) is 3.21. The van der Waals surface area contributed by atoms with Crippen LogP contribution in [0.1, 0.15) is 40.0 Å². The lowest BCUT2D eigenvalue weighted by atomic mass is 10.0. The molecule has 0 aliphatic carbocycles. The molecule has 1 aromatic rings. The lowest BCUT2D eigenvalue weighted by Crippen LogP contribution is -2.54. The molecule has 0 bridgehead atoms. The normalized spacial score (nSPS) is 16.0. The lowest BCUT2D eigenvalue weighted by molar-refractivity contribution is -0.136. The van der Waals surface area contributed by atoms with Gasteiger partial charge in [0, 0.05) is 30.0 Å². The predicted molar refractivity (Wildman–Crippen MR) is 145 cm³/mol. The van der Waals surface area contributed by atoms with E-state index in [9.17, 15) is 28.8 Å². The number of hydrogen-bond donors (Lipinski definition) is 3. The third kappa shape index (κ3) is 8.68. The van der Waals surface area contributed by atoms with Gasteiger partial charge < -0.3 is 24.8 Å². The fraction of sp³-hybridized carbons (Fsp3) is 0.462. The summed E-state index contributed by atoms with van der Waals surface area (Å²) in [6, 6.07) is 3.17. The predicted octanol–water partition coefficient (Wildman–Crippen LogP) is 0.449. The number of imide groups is 2. The Morgan fingerprint density at radius 1 is 1.05 bits per heavy atom. The molecule has 2 aliphatic rings. The Hall–Kier alpha value is -4.63. The Morgan fingerprint density at radius 2 is 1.74 bits per heavy atom. The molecule has 1 fully saturated rings. The molecular weight excluding hydrogens is 554 g/mol. The zero-order valence-electron chi connectivity index (χ0n) is 22.8. The van der Waals surface area contributed by atoms with Crippen LogP contribution < -0.4 is 16.0 Å². The van der Waals surface area contributed by atoms with E-state index in [0.29, 0.717) is 33.0 Å². The maximum absolute atomic E-state index is 13.1. The van der Waals surface area contributed by atoms with Crippen LogP contribution in [0.3, 0.4) is 0 Å². The third-order valence-electron chi connectivity index (χ3n) is 6.11.